The van der Waals surface area contributed by atoms with E-state index >= 15 is 0 Å². The monoisotopic (exact) mass is 301 g/mol. The van der Waals surface area contributed by atoms with Crippen molar-refractivity contribution in [3.05, 3.63) is 34.9 Å². The molecule has 1 aliphatic heterocycles. The molecular formula is C14H17F2NO4. The van der Waals surface area contributed by atoms with Crippen LogP contribution < -0.4 is 5.32 Å². The first-order chi connectivity index (χ1) is 9.64. The van der Waals surface area contributed by atoms with E-state index in [4.69, 9.17) is 9.84 Å². The van der Waals surface area contributed by atoms with Gasteiger partial charge in [-0.1, -0.05) is 12.1 Å². The number of aliphatic hydroxyl groups is 2. The number of rotatable bonds is 5. The van der Waals surface area contributed by atoms with Crippen LogP contribution in [-0.4, -0.2) is 35.3 Å². The van der Waals surface area contributed by atoms with E-state index in [-0.39, 0.29) is 5.56 Å². The van der Waals surface area contributed by atoms with E-state index < -0.39 is 36.9 Å². The van der Waals surface area contributed by atoms with Crippen LogP contribution in [0.3, 0.4) is 0 Å². The van der Waals surface area contributed by atoms with Gasteiger partial charge in [-0.2, -0.15) is 0 Å². The molecule has 5 nitrogen and oxygen atoms in total. The van der Waals surface area contributed by atoms with Crippen molar-refractivity contribution in [2.45, 2.75) is 31.6 Å². The average molecular weight is 301 g/mol. The van der Waals surface area contributed by atoms with Crippen LogP contribution >= 0.6 is 0 Å². The number of ether oxygens (including phenoxy) is 1. The van der Waals surface area contributed by atoms with Crippen molar-refractivity contribution in [3.8, 4) is 0 Å². The van der Waals surface area contributed by atoms with E-state index in [1.54, 1.807) is 26.0 Å². The van der Waals surface area contributed by atoms with Crippen molar-refractivity contribution < 1.29 is 28.5 Å². The molecule has 0 aliphatic carbocycles. The number of aliphatic hydroxyl groups excluding tert-OH is 1. The van der Waals surface area contributed by atoms with Gasteiger partial charge in [-0.25, -0.2) is 8.78 Å². The lowest BCUT2D eigenvalue weighted by Crippen LogP contribution is -2.31. The molecular weight excluding hydrogens is 284 g/mol. The van der Waals surface area contributed by atoms with Gasteiger partial charge in [0.1, 0.15) is 13.2 Å². The second-order valence-corrected chi connectivity index (χ2v) is 5.54. The Bertz CT molecular complexity index is 554. The normalized spacial score (nSPS) is 18.6. The quantitative estimate of drug-likeness (QED) is 0.766. The van der Waals surface area contributed by atoms with E-state index in [0.29, 0.717) is 11.1 Å². The van der Waals surface area contributed by atoms with Gasteiger partial charge in [-0.3, -0.25) is 4.79 Å². The summed E-state index contributed by atoms with van der Waals surface area (Å²) in [6, 6.07) is 4.68. The van der Waals surface area contributed by atoms with Gasteiger partial charge in [0.15, 0.2) is 6.23 Å². The van der Waals surface area contributed by atoms with Gasteiger partial charge >= 0.3 is 0 Å². The molecule has 0 aromatic heterocycles. The largest absolute Gasteiger partial charge is 0.390 e. The Labute approximate surface area is 120 Å². The summed E-state index contributed by atoms with van der Waals surface area (Å²) in [4.78, 5) is 11.8. The molecule has 0 bridgehead atoms. The second-order valence-electron chi connectivity index (χ2n) is 5.54. The molecule has 1 atom stereocenters. The Morgan fingerprint density at radius 2 is 2.05 bits per heavy atom. The smallest absolute Gasteiger partial charge is 0.293 e. The summed E-state index contributed by atoms with van der Waals surface area (Å²) in [5, 5.41) is 20.9. The summed E-state index contributed by atoms with van der Waals surface area (Å²) >= 11 is 0. The standard InChI is InChI=1S/C14H17F2NO4/c1-13(2,20)8-3-4-9-10(5-8)11(19)17-12(9)21-7-14(15,16)6-18/h3-5,12,18,20H,6-7H2,1-2H3,(H,17,19). The molecule has 1 aliphatic rings. The van der Waals surface area contributed by atoms with Gasteiger partial charge in [-0.15, -0.1) is 0 Å². The first-order valence-corrected chi connectivity index (χ1v) is 6.42. The van der Waals surface area contributed by atoms with Gasteiger partial charge in [0, 0.05) is 11.1 Å². The molecule has 1 unspecified atom stereocenters. The molecule has 0 spiro atoms. The van der Waals surface area contributed by atoms with Crippen LogP contribution in [0, 0.1) is 0 Å². The number of alkyl halides is 2. The third-order valence-corrected chi connectivity index (χ3v) is 3.24. The molecule has 1 aromatic carbocycles. The summed E-state index contributed by atoms with van der Waals surface area (Å²) in [7, 11) is 0. The average Bonchev–Trinajstić information content (AvgIpc) is 2.72. The van der Waals surface area contributed by atoms with Crippen molar-refractivity contribution in [2.24, 2.45) is 0 Å². The van der Waals surface area contributed by atoms with E-state index in [2.05, 4.69) is 5.32 Å². The Morgan fingerprint density at radius 1 is 1.38 bits per heavy atom. The Balaban J connectivity index is 2.21. The van der Waals surface area contributed by atoms with Crippen LogP contribution in [0.25, 0.3) is 0 Å². The molecule has 116 valence electrons. The SMILES string of the molecule is CC(C)(O)c1ccc2c(c1)C(=O)NC2OCC(F)(F)CO. The van der Waals surface area contributed by atoms with E-state index in [1.807, 2.05) is 0 Å². The number of hydrogen-bond donors (Lipinski definition) is 3. The van der Waals surface area contributed by atoms with Crippen molar-refractivity contribution in [1.82, 2.24) is 5.32 Å². The highest BCUT2D eigenvalue weighted by Gasteiger charge is 2.35. The van der Waals surface area contributed by atoms with Crippen molar-refractivity contribution in [1.29, 1.82) is 0 Å². The van der Waals surface area contributed by atoms with E-state index in [1.165, 1.54) is 6.07 Å². The fourth-order valence-electron chi connectivity index (χ4n) is 2.02. The number of benzene rings is 1. The fourth-order valence-corrected chi connectivity index (χ4v) is 2.02. The molecule has 0 saturated carbocycles. The van der Waals surface area contributed by atoms with E-state index in [0.717, 1.165) is 0 Å². The minimum absolute atomic E-state index is 0.284. The maximum Gasteiger partial charge on any atom is 0.293 e. The lowest BCUT2D eigenvalue weighted by atomic mass is 9.94. The summed E-state index contributed by atoms with van der Waals surface area (Å²) in [5.41, 5.74) is 0.143. The third-order valence-electron chi connectivity index (χ3n) is 3.24. The van der Waals surface area contributed by atoms with Gasteiger partial charge in [0.2, 0.25) is 0 Å². The van der Waals surface area contributed by atoms with Crippen molar-refractivity contribution in [2.75, 3.05) is 13.2 Å². The first-order valence-electron chi connectivity index (χ1n) is 6.42. The van der Waals surface area contributed by atoms with Gasteiger partial charge in [0.25, 0.3) is 11.8 Å². The molecule has 0 radical (unpaired) electrons. The number of hydrogen-bond acceptors (Lipinski definition) is 4. The molecule has 21 heavy (non-hydrogen) atoms. The second kappa shape index (κ2) is 5.32. The molecule has 2 rings (SSSR count). The summed E-state index contributed by atoms with van der Waals surface area (Å²) in [5.74, 6) is -3.81. The Hall–Kier alpha value is -1.57. The minimum atomic E-state index is -3.36. The maximum atomic E-state index is 13.0. The van der Waals surface area contributed by atoms with Crippen molar-refractivity contribution in [3.63, 3.8) is 0 Å². The van der Waals surface area contributed by atoms with Crippen LogP contribution in [-0.2, 0) is 10.3 Å². The van der Waals surface area contributed by atoms with Gasteiger partial charge < -0.3 is 20.3 Å². The van der Waals surface area contributed by atoms with Gasteiger partial charge in [-0.05, 0) is 25.5 Å². The van der Waals surface area contributed by atoms with Gasteiger partial charge in [0.05, 0.1) is 5.60 Å². The lowest BCUT2D eigenvalue weighted by Gasteiger charge is -2.20. The highest BCUT2D eigenvalue weighted by molar-refractivity contribution is 5.99. The topological polar surface area (TPSA) is 78.8 Å². The molecule has 0 saturated heterocycles. The summed E-state index contributed by atoms with van der Waals surface area (Å²) in [6.07, 6.45) is -0.985. The fraction of sp³-hybridized carbons (Fsp3) is 0.500. The zero-order valence-corrected chi connectivity index (χ0v) is 11.7. The lowest BCUT2D eigenvalue weighted by molar-refractivity contribution is -0.127. The first kappa shape index (κ1) is 15.8. The van der Waals surface area contributed by atoms with Crippen LogP contribution in [0.4, 0.5) is 8.78 Å². The number of halogens is 2. The zero-order valence-electron chi connectivity index (χ0n) is 11.7. The molecule has 7 heteroatoms. The predicted molar refractivity (Wildman–Crippen MR) is 69.9 cm³/mol. The zero-order chi connectivity index (χ0) is 15.8. The minimum Gasteiger partial charge on any atom is -0.390 e. The summed E-state index contributed by atoms with van der Waals surface area (Å²) < 4.78 is 30.9. The predicted octanol–water partition coefficient (Wildman–Crippen LogP) is 1.30. The highest BCUT2D eigenvalue weighted by atomic mass is 19.3. The third kappa shape index (κ3) is 3.37. The number of amides is 1. The Kier molecular flexibility index (Phi) is 4.01. The van der Waals surface area contributed by atoms with Crippen LogP contribution in [0.5, 0.6) is 0 Å². The maximum absolute atomic E-state index is 13.0. The number of carbonyl (C=O) groups is 1. The number of carbonyl (C=O) groups excluding carboxylic acids is 1. The molecule has 3 N–H and O–H groups in total. The van der Waals surface area contributed by atoms with Crippen molar-refractivity contribution >= 4 is 5.91 Å². The number of fused-ring (bicyclic) bond motifs is 1. The summed E-state index contributed by atoms with van der Waals surface area (Å²) in [6.45, 7) is 0.841. The van der Waals surface area contributed by atoms with Crippen LogP contribution in [0.15, 0.2) is 18.2 Å². The Morgan fingerprint density at radius 3 is 2.62 bits per heavy atom. The molecule has 1 heterocycles. The van der Waals surface area contributed by atoms with Crippen LogP contribution in [0.2, 0.25) is 0 Å². The molecule has 1 amide bonds. The highest BCUT2D eigenvalue weighted by Crippen LogP contribution is 2.31. The van der Waals surface area contributed by atoms with Crippen LogP contribution in [0.1, 0.15) is 41.6 Å². The number of nitrogens with one attached hydrogen (secondary N) is 1. The van der Waals surface area contributed by atoms with E-state index in [9.17, 15) is 18.7 Å². The molecule has 0 fully saturated rings. The molecule has 1 aromatic rings.